The average molecular weight is 347 g/mol. The van der Waals surface area contributed by atoms with Gasteiger partial charge in [-0.15, -0.1) is 0 Å². The van der Waals surface area contributed by atoms with Gasteiger partial charge in [-0.05, 0) is 36.3 Å². The summed E-state index contributed by atoms with van der Waals surface area (Å²) in [5, 5.41) is 11.5. The molecule has 3 N–H and O–H groups in total. The van der Waals surface area contributed by atoms with Crippen LogP contribution in [-0.4, -0.2) is 40.0 Å². The topological polar surface area (TPSA) is 98.7 Å². The number of rotatable bonds is 7. The van der Waals surface area contributed by atoms with Gasteiger partial charge >= 0.3 is 6.03 Å². The third-order valence-corrected chi connectivity index (χ3v) is 4.49. The molecule has 25 heavy (non-hydrogen) atoms. The standard InChI is InChI=1S/C18H25N3O4/c1-4-12-5-7-13(8-6-12)9-10-14-17(23)21(18(24)19-14)15(11(2)3)16(22)20-25/h5-8,11,14-15,25H,4,9-10H2,1-3H3,(H,19,24)(H,20,22)/t14-,15+/m0/s1. The second-order valence-electron chi connectivity index (χ2n) is 6.58. The van der Waals surface area contributed by atoms with Crippen LogP contribution in [0.3, 0.4) is 0 Å². The summed E-state index contributed by atoms with van der Waals surface area (Å²) >= 11 is 0. The van der Waals surface area contributed by atoms with Crippen LogP contribution in [0.2, 0.25) is 0 Å². The number of carbonyl (C=O) groups excluding carboxylic acids is 3. The fraction of sp³-hybridized carbons (Fsp3) is 0.500. The molecule has 2 atom stereocenters. The largest absolute Gasteiger partial charge is 0.326 e. The van der Waals surface area contributed by atoms with E-state index in [0.717, 1.165) is 16.9 Å². The molecule has 0 spiro atoms. The Labute approximate surface area is 147 Å². The molecule has 0 aliphatic carbocycles. The van der Waals surface area contributed by atoms with Gasteiger partial charge < -0.3 is 5.32 Å². The van der Waals surface area contributed by atoms with E-state index in [1.165, 1.54) is 11.0 Å². The summed E-state index contributed by atoms with van der Waals surface area (Å²) in [7, 11) is 0. The Hall–Kier alpha value is -2.41. The van der Waals surface area contributed by atoms with E-state index in [1.807, 2.05) is 12.1 Å². The number of hydrogen-bond acceptors (Lipinski definition) is 4. The van der Waals surface area contributed by atoms with Crippen molar-refractivity contribution in [2.75, 3.05) is 0 Å². The van der Waals surface area contributed by atoms with Gasteiger partial charge in [0.1, 0.15) is 12.1 Å². The number of carbonyl (C=O) groups is 3. The SMILES string of the molecule is CCc1ccc(CC[C@@H]2NC(=O)N([C@@H](C(=O)NO)C(C)C)C2=O)cc1. The third kappa shape index (κ3) is 4.17. The van der Waals surface area contributed by atoms with Gasteiger partial charge in [0.05, 0.1) is 0 Å². The smallest absolute Gasteiger partial charge is 0.325 e. The number of urea groups is 1. The van der Waals surface area contributed by atoms with Crippen molar-refractivity contribution in [1.29, 1.82) is 0 Å². The molecule has 1 aromatic rings. The fourth-order valence-electron chi connectivity index (χ4n) is 3.04. The molecule has 1 saturated heterocycles. The minimum atomic E-state index is -1.04. The highest BCUT2D eigenvalue weighted by atomic mass is 16.5. The molecule has 0 saturated carbocycles. The Kier molecular flexibility index (Phi) is 6.14. The maximum Gasteiger partial charge on any atom is 0.325 e. The first-order chi connectivity index (χ1) is 11.9. The quantitative estimate of drug-likeness (QED) is 0.397. The zero-order valence-electron chi connectivity index (χ0n) is 14.8. The van der Waals surface area contributed by atoms with Gasteiger partial charge in [-0.25, -0.2) is 15.2 Å². The Morgan fingerprint density at radius 2 is 1.84 bits per heavy atom. The summed E-state index contributed by atoms with van der Waals surface area (Å²) < 4.78 is 0. The highest BCUT2D eigenvalue weighted by molar-refractivity contribution is 6.07. The van der Waals surface area contributed by atoms with Crippen molar-refractivity contribution in [1.82, 2.24) is 15.7 Å². The number of benzene rings is 1. The van der Waals surface area contributed by atoms with Gasteiger partial charge in [0.15, 0.2) is 0 Å². The van der Waals surface area contributed by atoms with E-state index in [9.17, 15) is 14.4 Å². The van der Waals surface area contributed by atoms with Crippen LogP contribution in [0.4, 0.5) is 4.79 Å². The third-order valence-electron chi connectivity index (χ3n) is 4.49. The van der Waals surface area contributed by atoms with E-state index in [-0.39, 0.29) is 5.92 Å². The van der Waals surface area contributed by atoms with E-state index in [2.05, 4.69) is 24.4 Å². The molecule has 0 bridgehead atoms. The zero-order chi connectivity index (χ0) is 18.6. The first-order valence-electron chi connectivity index (χ1n) is 8.54. The lowest BCUT2D eigenvalue weighted by molar-refractivity contribution is -0.142. The molecule has 2 rings (SSSR count). The van der Waals surface area contributed by atoms with E-state index in [4.69, 9.17) is 5.21 Å². The van der Waals surface area contributed by atoms with Crippen LogP contribution >= 0.6 is 0 Å². The van der Waals surface area contributed by atoms with E-state index < -0.39 is 29.9 Å². The summed E-state index contributed by atoms with van der Waals surface area (Å²) in [6.45, 7) is 5.51. The number of amides is 4. The van der Waals surface area contributed by atoms with Crippen LogP contribution in [0.1, 0.15) is 38.3 Å². The number of hydroxylamine groups is 1. The van der Waals surface area contributed by atoms with Crippen molar-refractivity contribution in [2.45, 2.75) is 52.1 Å². The normalized spacial score (nSPS) is 18.4. The predicted octanol–water partition coefficient (Wildman–Crippen LogP) is 1.63. The Bertz CT molecular complexity index is 642. The summed E-state index contributed by atoms with van der Waals surface area (Å²) in [6, 6.07) is 5.85. The maximum absolute atomic E-state index is 12.6. The minimum Gasteiger partial charge on any atom is -0.326 e. The zero-order valence-corrected chi connectivity index (χ0v) is 14.8. The molecule has 0 aromatic heterocycles. The van der Waals surface area contributed by atoms with E-state index in [0.29, 0.717) is 12.8 Å². The van der Waals surface area contributed by atoms with Gasteiger partial charge in [0.2, 0.25) is 0 Å². The predicted molar refractivity (Wildman–Crippen MR) is 91.9 cm³/mol. The molecule has 0 radical (unpaired) electrons. The van der Waals surface area contributed by atoms with Crippen LogP contribution < -0.4 is 10.8 Å². The molecule has 1 fully saturated rings. The molecule has 136 valence electrons. The second kappa shape index (κ2) is 8.11. The van der Waals surface area contributed by atoms with Crippen molar-refractivity contribution in [3.63, 3.8) is 0 Å². The van der Waals surface area contributed by atoms with Crippen molar-refractivity contribution >= 4 is 17.8 Å². The van der Waals surface area contributed by atoms with Crippen molar-refractivity contribution in [3.8, 4) is 0 Å². The monoisotopic (exact) mass is 347 g/mol. The Balaban J connectivity index is 2.05. The summed E-state index contributed by atoms with van der Waals surface area (Å²) in [5.41, 5.74) is 3.87. The fourth-order valence-corrected chi connectivity index (χ4v) is 3.04. The van der Waals surface area contributed by atoms with Crippen molar-refractivity contribution in [3.05, 3.63) is 35.4 Å². The maximum atomic E-state index is 12.6. The molecule has 1 heterocycles. The lowest BCUT2D eigenvalue weighted by Crippen LogP contribution is -2.52. The number of nitrogens with one attached hydrogen (secondary N) is 2. The summed E-state index contributed by atoms with van der Waals surface area (Å²) in [6.07, 6.45) is 2.07. The van der Waals surface area contributed by atoms with Gasteiger partial charge in [0, 0.05) is 0 Å². The molecule has 0 unspecified atom stereocenters. The highest BCUT2D eigenvalue weighted by Crippen LogP contribution is 2.20. The number of hydrogen-bond donors (Lipinski definition) is 3. The van der Waals surface area contributed by atoms with Gasteiger partial charge in [-0.1, -0.05) is 45.0 Å². The van der Waals surface area contributed by atoms with E-state index in [1.54, 1.807) is 13.8 Å². The number of nitrogens with zero attached hydrogens (tertiary/aromatic N) is 1. The lowest BCUT2D eigenvalue weighted by Gasteiger charge is -2.26. The first kappa shape index (κ1) is 18.9. The molecule has 1 aliphatic rings. The van der Waals surface area contributed by atoms with Gasteiger partial charge in [-0.2, -0.15) is 0 Å². The molecule has 7 nitrogen and oxygen atoms in total. The summed E-state index contributed by atoms with van der Waals surface area (Å²) in [5.74, 6) is -1.52. The molecule has 1 aliphatic heterocycles. The van der Waals surface area contributed by atoms with Gasteiger partial charge in [0.25, 0.3) is 11.8 Å². The molecule has 1 aromatic carbocycles. The Morgan fingerprint density at radius 1 is 1.24 bits per heavy atom. The number of imide groups is 1. The Morgan fingerprint density at radius 3 is 2.36 bits per heavy atom. The van der Waals surface area contributed by atoms with Crippen molar-refractivity contribution < 1.29 is 19.6 Å². The first-order valence-corrected chi connectivity index (χ1v) is 8.54. The van der Waals surface area contributed by atoms with Crippen LogP contribution in [0, 0.1) is 5.92 Å². The second-order valence-corrected chi connectivity index (χ2v) is 6.58. The van der Waals surface area contributed by atoms with Crippen LogP contribution in [0.5, 0.6) is 0 Å². The average Bonchev–Trinajstić information content (AvgIpc) is 2.88. The summed E-state index contributed by atoms with van der Waals surface area (Å²) in [4.78, 5) is 37.5. The molecule has 4 amide bonds. The van der Waals surface area contributed by atoms with Crippen LogP contribution in [-0.2, 0) is 22.4 Å². The van der Waals surface area contributed by atoms with Crippen LogP contribution in [0.15, 0.2) is 24.3 Å². The van der Waals surface area contributed by atoms with Crippen molar-refractivity contribution in [2.24, 2.45) is 5.92 Å². The lowest BCUT2D eigenvalue weighted by atomic mass is 10.0. The van der Waals surface area contributed by atoms with Gasteiger partial charge in [-0.3, -0.25) is 14.8 Å². The van der Waals surface area contributed by atoms with Crippen LogP contribution in [0.25, 0.3) is 0 Å². The molecule has 7 heteroatoms. The van der Waals surface area contributed by atoms with E-state index >= 15 is 0 Å². The number of aryl methyl sites for hydroxylation is 2. The molecular formula is C18H25N3O4. The minimum absolute atomic E-state index is 0.317. The highest BCUT2D eigenvalue weighted by Gasteiger charge is 2.45. The molecular weight excluding hydrogens is 322 g/mol.